The first-order valence-electron chi connectivity index (χ1n) is 11.6. The summed E-state index contributed by atoms with van der Waals surface area (Å²) in [5, 5.41) is 31.1. The van der Waals surface area contributed by atoms with E-state index in [4.69, 9.17) is 9.47 Å². The molecule has 0 bridgehead atoms. The summed E-state index contributed by atoms with van der Waals surface area (Å²) in [6.45, 7) is 0. The van der Waals surface area contributed by atoms with Gasteiger partial charge in [0.15, 0.2) is 21.3 Å². The molecule has 0 unspecified atom stereocenters. The molecule has 0 atom stereocenters. The molecule has 1 aliphatic rings. The summed E-state index contributed by atoms with van der Waals surface area (Å²) in [5.41, 5.74) is -0.575. The second kappa shape index (κ2) is 11.6. The lowest BCUT2D eigenvalue weighted by molar-refractivity contribution is -0.388. The summed E-state index contributed by atoms with van der Waals surface area (Å²) in [6, 6.07) is 10.3. The van der Waals surface area contributed by atoms with Crippen molar-refractivity contribution in [3.63, 3.8) is 0 Å². The molecule has 1 heterocycles. The second-order valence-corrected chi connectivity index (χ2v) is 11.2. The Bertz CT molecular complexity index is 1930. The second-order valence-electron chi connectivity index (χ2n) is 8.43. The van der Waals surface area contributed by atoms with Crippen LogP contribution in [0.4, 0.5) is 28.4 Å². The normalized spacial score (nSPS) is 13.1. The molecule has 0 saturated heterocycles. The Morgan fingerprint density at radius 2 is 1.34 bits per heavy atom. The fourth-order valence-corrected chi connectivity index (χ4v) is 5.27. The number of ether oxygens (including phenoxy) is 2. The summed E-state index contributed by atoms with van der Waals surface area (Å²) < 4.78 is 78.4. The Balaban J connectivity index is 2.03. The number of benzene rings is 3. The van der Waals surface area contributed by atoms with Crippen molar-refractivity contribution in [3.05, 3.63) is 74.8 Å². The number of carbonyl (C=O) groups excluding carboxylic acids is 1. The standard InChI is InChI=1S/C22H19N7O13S2/c1-41-17-8-15(28(31)32)19(43(35,36)37)10-13(17)26-21(22(30)23-12-6-4-3-5-7-12)24-25-27(26)14-11-20(44(38,39)40)16(29(33)34)9-18(14)42-2/h3-11,25H,1-2H3,(H,23,30)(H,35,36,37)(H,38,39,40). The zero-order valence-electron chi connectivity index (χ0n) is 22.1. The highest BCUT2D eigenvalue weighted by Crippen LogP contribution is 2.43. The van der Waals surface area contributed by atoms with Gasteiger partial charge in [0.1, 0.15) is 11.4 Å². The molecular weight excluding hydrogens is 634 g/mol. The van der Waals surface area contributed by atoms with E-state index >= 15 is 0 Å². The lowest BCUT2D eigenvalue weighted by Crippen LogP contribution is -2.49. The van der Waals surface area contributed by atoms with Crippen molar-refractivity contribution in [3.8, 4) is 11.5 Å². The number of carbonyl (C=O) groups is 1. The van der Waals surface area contributed by atoms with Crippen LogP contribution >= 0.6 is 0 Å². The number of hydrazone groups is 1. The predicted octanol–water partition coefficient (Wildman–Crippen LogP) is 1.71. The first-order valence-corrected chi connectivity index (χ1v) is 14.4. The molecule has 22 heteroatoms. The monoisotopic (exact) mass is 653 g/mol. The van der Waals surface area contributed by atoms with Gasteiger partial charge in [-0.15, -0.1) is 5.10 Å². The highest BCUT2D eigenvalue weighted by atomic mass is 32.2. The van der Waals surface area contributed by atoms with E-state index in [0.29, 0.717) is 24.3 Å². The summed E-state index contributed by atoms with van der Waals surface area (Å²) >= 11 is 0. The number of nitro benzene ring substituents is 2. The van der Waals surface area contributed by atoms with E-state index < -0.39 is 85.9 Å². The molecule has 44 heavy (non-hydrogen) atoms. The molecule has 20 nitrogen and oxygen atoms in total. The number of amidine groups is 1. The molecular formula is C22H19N7O13S2. The number of rotatable bonds is 10. The van der Waals surface area contributed by atoms with Crippen molar-refractivity contribution in [1.82, 2.24) is 5.53 Å². The number of hydrazine groups is 2. The number of para-hydroxylation sites is 1. The van der Waals surface area contributed by atoms with Gasteiger partial charge in [-0.3, -0.25) is 34.1 Å². The topological polar surface area (TPSA) is 273 Å². The van der Waals surface area contributed by atoms with Crippen LogP contribution in [0.2, 0.25) is 0 Å². The molecule has 1 aliphatic heterocycles. The third-order valence-corrected chi connectivity index (χ3v) is 7.58. The van der Waals surface area contributed by atoms with Crippen molar-refractivity contribution in [1.29, 1.82) is 0 Å². The van der Waals surface area contributed by atoms with E-state index in [9.17, 15) is 51.0 Å². The van der Waals surface area contributed by atoms with Gasteiger partial charge in [0.25, 0.3) is 17.3 Å². The third-order valence-electron chi connectivity index (χ3n) is 5.81. The quantitative estimate of drug-likeness (QED) is 0.138. The zero-order valence-corrected chi connectivity index (χ0v) is 23.8. The molecule has 0 radical (unpaired) electrons. The highest BCUT2D eigenvalue weighted by molar-refractivity contribution is 7.86. The molecule has 232 valence electrons. The van der Waals surface area contributed by atoms with E-state index in [1.807, 2.05) is 0 Å². The minimum Gasteiger partial charge on any atom is -0.494 e. The molecule has 1 amide bonds. The van der Waals surface area contributed by atoms with E-state index in [1.165, 1.54) is 12.1 Å². The van der Waals surface area contributed by atoms with Crippen LogP contribution in [-0.4, -0.2) is 61.8 Å². The van der Waals surface area contributed by atoms with Gasteiger partial charge in [-0.05, 0) is 24.3 Å². The number of nitrogens with zero attached hydrogens (tertiary/aromatic N) is 5. The van der Waals surface area contributed by atoms with Crippen LogP contribution in [0.5, 0.6) is 11.5 Å². The maximum absolute atomic E-state index is 13.4. The summed E-state index contributed by atoms with van der Waals surface area (Å²) in [6.07, 6.45) is 0. The van der Waals surface area contributed by atoms with Crippen molar-refractivity contribution in [2.75, 3.05) is 29.7 Å². The fraction of sp³-hybridized carbons (Fsp3) is 0.0909. The van der Waals surface area contributed by atoms with Gasteiger partial charge < -0.3 is 14.8 Å². The Morgan fingerprint density at radius 3 is 1.80 bits per heavy atom. The SMILES string of the molecule is COc1cc([N+](=O)[O-])c(S(=O)(=O)O)cc1N1NN=C(C(=O)Nc2ccccc2)N1c1cc(S(=O)(=O)O)c([N+](=O)[O-])cc1OC. The minimum atomic E-state index is -5.29. The Kier molecular flexibility index (Phi) is 8.27. The van der Waals surface area contributed by atoms with Crippen LogP contribution in [0.25, 0.3) is 0 Å². The van der Waals surface area contributed by atoms with Crippen molar-refractivity contribution in [2.45, 2.75) is 9.79 Å². The predicted molar refractivity (Wildman–Crippen MR) is 150 cm³/mol. The molecule has 0 spiro atoms. The Morgan fingerprint density at radius 1 is 0.864 bits per heavy atom. The first kappa shape index (κ1) is 31.4. The summed E-state index contributed by atoms with van der Waals surface area (Å²) in [4.78, 5) is 32.0. The van der Waals surface area contributed by atoms with E-state index in [1.54, 1.807) is 18.2 Å². The maximum Gasteiger partial charge on any atom is 0.301 e. The fourth-order valence-electron chi connectivity index (χ4n) is 3.95. The summed E-state index contributed by atoms with van der Waals surface area (Å²) in [5.74, 6) is -2.52. The number of hydrogen-bond acceptors (Lipinski definition) is 15. The zero-order chi connectivity index (χ0) is 32.6. The molecule has 4 N–H and O–H groups in total. The number of nitrogens with one attached hydrogen (secondary N) is 2. The minimum absolute atomic E-state index is 0.259. The van der Waals surface area contributed by atoms with Gasteiger partial charge in [-0.2, -0.15) is 27.5 Å². The lowest BCUT2D eigenvalue weighted by atomic mass is 10.2. The molecule has 0 aliphatic carbocycles. The van der Waals surface area contributed by atoms with Gasteiger partial charge in [0.2, 0.25) is 5.84 Å². The number of anilines is 3. The maximum atomic E-state index is 13.4. The van der Waals surface area contributed by atoms with Crippen molar-refractivity contribution in [2.24, 2.45) is 5.10 Å². The molecule has 0 aromatic heterocycles. The lowest BCUT2D eigenvalue weighted by Gasteiger charge is -2.32. The molecule has 0 fully saturated rings. The Labute approximate surface area is 246 Å². The van der Waals surface area contributed by atoms with Crippen molar-refractivity contribution < 1.29 is 50.1 Å². The number of nitro groups is 2. The van der Waals surface area contributed by atoms with Gasteiger partial charge >= 0.3 is 20.2 Å². The van der Waals surface area contributed by atoms with Gasteiger partial charge in [-0.1, -0.05) is 18.2 Å². The summed E-state index contributed by atoms with van der Waals surface area (Å²) in [7, 11) is -8.47. The van der Waals surface area contributed by atoms with E-state index in [-0.39, 0.29) is 5.69 Å². The van der Waals surface area contributed by atoms with E-state index in [0.717, 1.165) is 24.3 Å². The van der Waals surface area contributed by atoms with Crippen LogP contribution < -0.4 is 30.5 Å². The first-order chi connectivity index (χ1) is 20.6. The number of hydrogen-bond donors (Lipinski definition) is 4. The highest BCUT2D eigenvalue weighted by Gasteiger charge is 2.40. The largest absolute Gasteiger partial charge is 0.494 e. The van der Waals surface area contributed by atoms with Gasteiger partial charge in [0, 0.05) is 5.69 Å². The van der Waals surface area contributed by atoms with Crippen LogP contribution in [0.1, 0.15) is 0 Å². The van der Waals surface area contributed by atoms with Crippen LogP contribution in [0.15, 0.2) is 69.5 Å². The van der Waals surface area contributed by atoms with Crippen LogP contribution in [0.3, 0.4) is 0 Å². The number of amides is 1. The van der Waals surface area contributed by atoms with Crippen LogP contribution in [-0.2, 0) is 25.0 Å². The Hall–Kier alpha value is -5.58. The van der Waals surface area contributed by atoms with Gasteiger partial charge in [0.05, 0.1) is 36.2 Å². The molecule has 4 rings (SSSR count). The smallest absolute Gasteiger partial charge is 0.301 e. The van der Waals surface area contributed by atoms with Crippen molar-refractivity contribution >= 4 is 60.4 Å². The van der Waals surface area contributed by atoms with E-state index in [2.05, 4.69) is 16.0 Å². The molecule has 3 aromatic carbocycles. The van der Waals surface area contributed by atoms with Gasteiger partial charge in [-0.25, -0.2) is 5.01 Å². The van der Waals surface area contributed by atoms with Crippen LogP contribution in [0, 0.1) is 20.2 Å². The average molecular weight is 654 g/mol. The molecule has 0 saturated carbocycles. The third kappa shape index (κ3) is 5.98. The number of methoxy groups -OCH3 is 2. The average Bonchev–Trinajstić information content (AvgIpc) is 3.40. The molecule has 3 aromatic rings.